The Balaban J connectivity index is 2.28. The third-order valence-electron chi connectivity index (χ3n) is 3.73. The van der Waals surface area contributed by atoms with Crippen LogP contribution in [0.15, 0.2) is 0 Å². The zero-order chi connectivity index (χ0) is 8.11. The molecule has 2 heterocycles. The SMILES string of the molecule is CN1C[C@@]2(C)CNC[C@]2(C)C1. The number of hydrogen-bond donors (Lipinski definition) is 1. The molecule has 2 heteroatoms. The van der Waals surface area contributed by atoms with Gasteiger partial charge in [-0.25, -0.2) is 0 Å². The van der Waals surface area contributed by atoms with Crippen molar-refractivity contribution < 1.29 is 0 Å². The summed E-state index contributed by atoms with van der Waals surface area (Å²) in [5.41, 5.74) is 1.06. The second-order valence-electron chi connectivity index (χ2n) is 4.90. The smallest absolute Gasteiger partial charge is 0.00509 e. The van der Waals surface area contributed by atoms with Crippen LogP contribution in [0.25, 0.3) is 0 Å². The average molecular weight is 154 g/mol. The Bertz CT molecular complexity index is 162. The Hall–Kier alpha value is -0.0800. The van der Waals surface area contributed by atoms with Crippen molar-refractivity contribution in [1.82, 2.24) is 10.2 Å². The van der Waals surface area contributed by atoms with Crippen molar-refractivity contribution in [3.05, 3.63) is 0 Å². The molecular weight excluding hydrogens is 136 g/mol. The van der Waals surface area contributed by atoms with Gasteiger partial charge in [-0.1, -0.05) is 13.8 Å². The Morgan fingerprint density at radius 2 is 1.55 bits per heavy atom. The largest absolute Gasteiger partial charge is 0.316 e. The predicted molar refractivity (Wildman–Crippen MR) is 46.6 cm³/mol. The molecule has 2 aliphatic rings. The van der Waals surface area contributed by atoms with E-state index in [9.17, 15) is 0 Å². The van der Waals surface area contributed by atoms with Crippen LogP contribution in [0.2, 0.25) is 0 Å². The first-order valence-electron chi connectivity index (χ1n) is 4.45. The minimum Gasteiger partial charge on any atom is -0.316 e. The second kappa shape index (κ2) is 1.99. The topological polar surface area (TPSA) is 15.3 Å². The fourth-order valence-corrected chi connectivity index (χ4v) is 2.78. The molecular formula is C9H18N2. The van der Waals surface area contributed by atoms with Gasteiger partial charge in [-0.05, 0) is 7.05 Å². The van der Waals surface area contributed by atoms with Gasteiger partial charge in [-0.3, -0.25) is 0 Å². The summed E-state index contributed by atoms with van der Waals surface area (Å²) < 4.78 is 0. The summed E-state index contributed by atoms with van der Waals surface area (Å²) in [6.07, 6.45) is 0. The molecule has 11 heavy (non-hydrogen) atoms. The Morgan fingerprint density at radius 3 is 2.00 bits per heavy atom. The molecule has 2 atom stereocenters. The van der Waals surface area contributed by atoms with E-state index >= 15 is 0 Å². The molecule has 0 aromatic rings. The zero-order valence-corrected chi connectivity index (χ0v) is 7.78. The fraction of sp³-hybridized carbons (Fsp3) is 1.00. The van der Waals surface area contributed by atoms with E-state index in [4.69, 9.17) is 0 Å². The van der Waals surface area contributed by atoms with Crippen LogP contribution in [-0.2, 0) is 0 Å². The maximum absolute atomic E-state index is 3.50. The summed E-state index contributed by atoms with van der Waals surface area (Å²) in [5.74, 6) is 0. The first-order valence-corrected chi connectivity index (χ1v) is 4.45. The van der Waals surface area contributed by atoms with Gasteiger partial charge in [0.25, 0.3) is 0 Å². The quantitative estimate of drug-likeness (QED) is 0.548. The van der Waals surface area contributed by atoms with Crippen LogP contribution in [0.3, 0.4) is 0 Å². The van der Waals surface area contributed by atoms with E-state index in [2.05, 4.69) is 31.1 Å². The lowest BCUT2D eigenvalue weighted by Gasteiger charge is -2.31. The van der Waals surface area contributed by atoms with Crippen LogP contribution in [0.4, 0.5) is 0 Å². The highest BCUT2D eigenvalue weighted by Crippen LogP contribution is 2.47. The number of fused-ring (bicyclic) bond motifs is 1. The zero-order valence-electron chi connectivity index (χ0n) is 7.78. The van der Waals surface area contributed by atoms with Crippen LogP contribution >= 0.6 is 0 Å². The molecule has 2 saturated heterocycles. The highest BCUT2D eigenvalue weighted by Gasteiger charge is 2.53. The maximum Gasteiger partial charge on any atom is 0.00509 e. The Labute approximate surface area is 69.0 Å². The van der Waals surface area contributed by atoms with E-state index in [1.807, 2.05) is 0 Å². The normalized spacial score (nSPS) is 51.5. The Morgan fingerprint density at radius 1 is 1.09 bits per heavy atom. The highest BCUT2D eigenvalue weighted by atomic mass is 15.2. The molecule has 0 aromatic heterocycles. The minimum atomic E-state index is 0.530. The molecule has 0 spiro atoms. The van der Waals surface area contributed by atoms with Gasteiger partial charge in [-0.15, -0.1) is 0 Å². The fourth-order valence-electron chi connectivity index (χ4n) is 2.78. The second-order valence-corrected chi connectivity index (χ2v) is 4.90. The molecule has 0 unspecified atom stereocenters. The van der Waals surface area contributed by atoms with Crippen LogP contribution in [0.1, 0.15) is 13.8 Å². The third-order valence-corrected chi connectivity index (χ3v) is 3.73. The number of hydrogen-bond acceptors (Lipinski definition) is 2. The maximum atomic E-state index is 3.50. The van der Waals surface area contributed by atoms with Gasteiger partial charge in [0.15, 0.2) is 0 Å². The molecule has 1 N–H and O–H groups in total. The first kappa shape index (κ1) is 7.56. The Kier molecular flexibility index (Phi) is 1.37. The number of nitrogens with zero attached hydrogens (tertiary/aromatic N) is 1. The molecule has 2 rings (SSSR count). The summed E-state index contributed by atoms with van der Waals surface area (Å²) in [7, 11) is 2.23. The van der Waals surface area contributed by atoms with Crippen molar-refractivity contribution in [3.63, 3.8) is 0 Å². The molecule has 2 fully saturated rings. The summed E-state index contributed by atoms with van der Waals surface area (Å²) in [4.78, 5) is 2.46. The van der Waals surface area contributed by atoms with Gasteiger partial charge < -0.3 is 10.2 Å². The molecule has 2 aliphatic heterocycles. The van der Waals surface area contributed by atoms with Gasteiger partial charge in [0.1, 0.15) is 0 Å². The minimum absolute atomic E-state index is 0.530. The van der Waals surface area contributed by atoms with E-state index in [0.29, 0.717) is 10.8 Å². The summed E-state index contributed by atoms with van der Waals surface area (Å²) >= 11 is 0. The summed E-state index contributed by atoms with van der Waals surface area (Å²) in [5, 5.41) is 3.50. The summed E-state index contributed by atoms with van der Waals surface area (Å²) in [6, 6.07) is 0. The molecule has 0 saturated carbocycles. The number of rotatable bonds is 0. The van der Waals surface area contributed by atoms with E-state index in [0.717, 1.165) is 0 Å². The lowest BCUT2D eigenvalue weighted by Crippen LogP contribution is -2.34. The van der Waals surface area contributed by atoms with Crippen molar-refractivity contribution in [3.8, 4) is 0 Å². The lowest BCUT2D eigenvalue weighted by atomic mass is 9.71. The van der Waals surface area contributed by atoms with E-state index in [1.54, 1.807) is 0 Å². The molecule has 0 amide bonds. The van der Waals surface area contributed by atoms with Gasteiger partial charge in [0, 0.05) is 37.0 Å². The number of likely N-dealkylation sites (tertiary alicyclic amines) is 1. The van der Waals surface area contributed by atoms with E-state index < -0.39 is 0 Å². The molecule has 64 valence electrons. The molecule has 0 bridgehead atoms. The van der Waals surface area contributed by atoms with Crippen LogP contribution in [0.5, 0.6) is 0 Å². The van der Waals surface area contributed by atoms with Crippen molar-refractivity contribution in [1.29, 1.82) is 0 Å². The van der Waals surface area contributed by atoms with Crippen molar-refractivity contribution in [2.45, 2.75) is 13.8 Å². The van der Waals surface area contributed by atoms with Crippen LogP contribution in [-0.4, -0.2) is 38.1 Å². The van der Waals surface area contributed by atoms with Gasteiger partial charge in [-0.2, -0.15) is 0 Å². The van der Waals surface area contributed by atoms with Gasteiger partial charge in [0.2, 0.25) is 0 Å². The van der Waals surface area contributed by atoms with E-state index in [-0.39, 0.29) is 0 Å². The molecule has 0 aromatic carbocycles. The monoisotopic (exact) mass is 154 g/mol. The lowest BCUT2D eigenvalue weighted by molar-refractivity contribution is 0.212. The third kappa shape index (κ3) is 0.859. The molecule has 0 radical (unpaired) electrons. The number of nitrogens with one attached hydrogen (secondary N) is 1. The average Bonchev–Trinajstić information content (AvgIpc) is 2.16. The highest BCUT2D eigenvalue weighted by molar-refractivity contribution is 5.07. The predicted octanol–water partition coefficient (Wildman–Crippen LogP) is 0.548. The van der Waals surface area contributed by atoms with Crippen molar-refractivity contribution in [2.75, 3.05) is 33.2 Å². The van der Waals surface area contributed by atoms with Crippen molar-refractivity contribution >= 4 is 0 Å². The molecule has 0 aliphatic carbocycles. The van der Waals surface area contributed by atoms with Crippen LogP contribution < -0.4 is 5.32 Å². The van der Waals surface area contributed by atoms with E-state index in [1.165, 1.54) is 26.2 Å². The van der Waals surface area contributed by atoms with Gasteiger partial charge >= 0.3 is 0 Å². The van der Waals surface area contributed by atoms with Gasteiger partial charge in [0.05, 0.1) is 0 Å². The standard InChI is InChI=1S/C9H18N2/c1-8-4-10-5-9(8,2)7-11(3)6-8/h10H,4-7H2,1-3H3/t8-,9-/m1/s1. The first-order chi connectivity index (χ1) is 5.06. The molecule has 2 nitrogen and oxygen atoms in total. The van der Waals surface area contributed by atoms with Crippen molar-refractivity contribution in [2.24, 2.45) is 10.8 Å². The van der Waals surface area contributed by atoms with Crippen LogP contribution in [0, 0.1) is 10.8 Å². The summed E-state index contributed by atoms with van der Waals surface area (Å²) in [6.45, 7) is 9.75.